The number of anilines is 1. The smallest absolute Gasteiger partial charge is 0.317 e. The van der Waals surface area contributed by atoms with Crippen LogP contribution >= 0.6 is 0 Å². The third kappa shape index (κ3) is 6.03. The van der Waals surface area contributed by atoms with Crippen LogP contribution in [0.25, 0.3) is 0 Å². The molecule has 2 aromatic rings. The average Bonchev–Trinajstić information content (AvgIpc) is 2.64. The molecular weight excluding hydrogens is 314 g/mol. The van der Waals surface area contributed by atoms with E-state index >= 15 is 0 Å². The Morgan fingerprint density at radius 3 is 2.36 bits per heavy atom. The summed E-state index contributed by atoms with van der Waals surface area (Å²) < 4.78 is 5.43. The van der Waals surface area contributed by atoms with E-state index in [1.165, 1.54) is 0 Å². The minimum absolute atomic E-state index is 0.0738. The highest BCUT2D eigenvalue weighted by molar-refractivity contribution is 5.73. The molecule has 1 N–H and O–H groups in total. The van der Waals surface area contributed by atoms with E-state index in [0.717, 1.165) is 23.5 Å². The third-order valence-electron chi connectivity index (χ3n) is 3.92. The Hall–Kier alpha value is -2.69. The maximum atomic E-state index is 12.2. The van der Waals surface area contributed by atoms with E-state index < -0.39 is 0 Å². The van der Waals surface area contributed by atoms with Crippen LogP contribution in [-0.2, 0) is 6.54 Å². The van der Waals surface area contributed by atoms with Gasteiger partial charge in [0.2, 0.25) is 0 Å². The molecule has 134 valence electrons. The van der Waals surface area contributed by atoms with Crippen LogP contribution in [0.4, 0.5) is 10.5 Å². The lowest BCUT2D eigenvalue weighted by Gasteiger charge is -2.22. The van der Waals surface area contributed by atoms with Crippen molar-refractivity contribution < 1.29 is 9.53 Å². The lowest BCUT2D eigenvalue weighted by atomic mass is 10.2. The summed E-state index contributed by atoms with van der Waals surface area (Å²) in [5.74, 6) is 0.849. The van der Waals surface area contributed by atoms with Crippen molar-refractivity contribution in [1.29, 1.82) is 0 Å². The monoisotopic (exact) mass is 341 g/mol. The molecule has 0 aliphatic carbocycles. The fourth-order valence-corrected chi connectivity index (χ4v) is 2.48. The molecule has 0 fully saturated rings. The Balaban J connectivity index is 1.74. The van der Waals surface area contributed by atoms with Gasteiger partial charge in [-0.3, -0.25) is 0 Å². The molecule has 0 aromatic heterocycles. The molecule has 2 amide bonds. The molecule has 0 atom stereocenters. The molecule has 0 radical (unpaired) electrons. The highest BCUT2D eigenvalue weighted by atomic mass is 16.5. The molecule has 0 saturated carbocycles. The molecule has 0 heterocycles. The number of nitrogens with zero attached hydrogens (tertiary/aromatic N) is 2. The Morgan fingerprint density at radius 2 is 1.72 bits per heavy atom. The van der Waals surface area contributed by atoms with E-state index in [1.807, 2.05) is 56.4 Å². The number of likely N-dealkylation sites (N-methyl/N-ethyl adjacent to an activating group) is 1. The van der Waals surface area contributed by atoms with Crippen LogP contribution in [0.2, 0.25) is 0 Å². The van der Waals surface area contributed by atoms with E-state index in [0.29, 0.717) is 19.7 Å². The number of ether oxygens (including phenoxy) is 1. The van der Waals surface area contributed by atoms with Crippen molar-refractivity contribution in [3.05, 3.63) is 60.2 Å². The molecule has 0 saturated heterocycles. The van der Waals surface area contributed by atoms with Crippen molar-refractivity contribution in [1.82, 2.24) is 10.2 Å². The molecule has 0 bridgehead atoms. The number of amides is 2. The second-order valence-electron chi connectivity index (χ2n) is 5.92. The number of nitrogens with one attached hydrogen (secondary N) is 1. The SMILES string of the molecule is CCOc1ccc(CN(C)C(=O)NCCN(C)c2ccccc2)cc1. The minimum Gasteiger partial charge on any atom is -0.494 e. The van der Waals surface area contributed by atoms with Crippen molar-refractivity contribution in [2.24, 2.45) is 0 Å². The first-order valence-electron chi connectivity index (χ1n) is 8.57. The van der Waals surface area contributed by atoms with Crippen LogP contribution in [0.5, 0.6) is 5.75 Å². The van der Waals surface area contributed by atoms with Gasteiger partial charge in [0.25, 0.3) is 0 Å². The highest BCUT2D eigenvalue weighted by Gasteiger charge is 2.09. The number of hydrogen-bond acceptors (Lipinski definition) is 3. The van der Waals surface area contributed by atoms with E-state index in [4.69, 9.17) is 4.74 Å². The molecular formula is C20H27N3O2. The van der Waals surface area contributed by atoms with Crippen LogP contribution < -0.4 is 15.0 Å². The van der Waals surface area contributed by atoms with Gasteiger partial charge in [-0.25, -0.2) is 4.79 Å². The summed E-state index contributed by atoms with van der Waals surface area (Å²) in [5, 5.41) is 2.96. The van der Waals surface area contributed by atoms with Crippen molar-refractivity contribution >= 4 is 11.7 Å². The quantitative estimate of drug-likeness (QED) is 0.801. The number of carbonyl (C=O) groups is 1. The van der Waals surface area contributed by atoms with E-state index in [-0.39, 0.29) is 6.03 Å². The van der Waals surface area contributed by atoms with Gasteiger partial charge in [-0.05, 0) is 36.8 Å². The van der Waals surface area contributed by atoms with Gasteiger partial charge in [0.05, 0.1) is 6.61 Å². The number of rotatable bonds is 8. The zero-order valence-electron chi connectivity index (χ0n) is 15.2. The Kier molecular flexibility index (Phi) is 7.14. The largest absolute Gasteiger partial charge is 0.494 e. The van der Waals surface area contributed by atoms with Gasteiger partial charge in [0, 0.05) is 39.4 Å². The van der Waals surface area contributed by atoms with E-state index in [2.05, 4.69) is 22.3 Å². The highest BCUT2D eigenvalue weighted by Crippen LogP contribution is 2.13. The Labute approximate surface area is 150 Å². The summed E-state index contributed by atoms with van der Waals surface area (Å²) in [5.41, 5.74) is 2.21. The van der Waals surface area contributed by atoms with E-state index in [9.17, 15) is 4.79 Å². The van der Waals surface area contributed by atoms with Crippen molar-refractivity contribution in [3.63, 3.8) is 0 Å². The van der Waals surface area contributed by atoms with Gasteiger partial charge in [-0.2, -0.15) is 0 Å². The Bertz CT molecular complexity index is 644. The second kappa shape index (κ2) is 9.57. The summed E-state index contributed by atoms with van der Waals surface area (Å²) in [6.07, 6.45) is 0. The van der Waals surface area contributed by atoms with E-state index in [1.54, 1.807) is 11.9 Å². The zero-order valence-corrected chi connectivity index (χ0v) is 15.2. The first-order valence-corrected chi connectivity index (χ1v) is 8.57. The number of carbonyl (C=O) groups excluding carboxylic acids is 1. The summed E-state index contributed by atoms with van der Waals surface area (Å²) in [6, 6.07) is 17.9. The second-order valence-corrected chi connectivity index (χ2v) is 5.92. The molecule has 0 unspecified atom stereocenters. The maximum absolute atomic E-state index is 12.2. The first-order chi connectivity index (χ1) is 12.1. The Morgan fingerprint density at radius 1 is 1.04 bits per heavy atom. The maximum Gasteiger partial charge on any atom is 0.317 e. The fourth-order valence-electron chi connectivity index (χ4n) is 2.48. The van der Waals surface area contributed by atoms with Gasteiger partial charge in [-0.15, -0.1) is 0 Å². The topological polar surface area (TPSA) is 44.8 Å². The van der Waals surface area contributed by atoms with Gasteiger partial charge < -0.3 is 19.9 Å². The first kappa shape index (κ1) is 18.6. The molecule has 0 aliphatic heterocycles. The van der Waals surface area contributed by atoms with Crippen LogP contribution in [0.1, 0.15) is 12.5 Å². The number of benzene rings is 2. The van der Waals surface area contributed by atoms with Crippen LogP contribution in [0, 0.1) is 0 Å². The van der Waals surface area contributed by atoms with Crippen molar-refractivity contribution in [2.45, 2.75) is 13.5 Å². The lowest BCUT2D eigenvalue weighted by Crippen LogP contribution is -2.40. The molecule has 25 heavy (non-hydrogen) atoms. The lowest BCUT2D eigenvalue weighted by molar-refractivity contribution is 0.207. The normalized spacial score (nSPS) is 10.2. The van der Waals surface area contributed by atoms with Crippen molar-refractivity contribution in [3.8, 4) is 5.75 Å². The average molecular weight is 341 g/mol. The van der Waals surface area contributed by atoms with Crippen LogP contribution in [0.3, 0.4) is 0 Å². The molecule has 2 rings (SSSR count). The standard InChI is InChI=1S/C20H27N3O2/c1-4-25-19-12-10-17(11-13-19)16-23(3)20(24)21-14-15-22(2)18-8-6-5-7-9-18/h5-13H,4,14-16H2,1-3H3,(H,21,24). The third-order valence-corrected chi connectivity index (χ3v) is 3.92. The summed E-state index contributed by atoms with van der Waals surface area (Å²) in [4.78, 5) is 16.0. The molecule has 0 spiro atoms. The molecule has 5 heteroatoms. The van der Waals surface area contributed by atoms with Crippen LogP contribution in [0.15, 0.2) is 54.6 Å². The van der Waals surface area contributed by atoms with Gasteiger partial charge in [0.1, 0.15) is 5.75 Å². The summed E-state index contributed by atoms with van der Waals surface area (Å²) in [6.45, 7) is 4.53. The number of hydrogen-bond donors (Lipinski definition) is 1. The van der Waals surface area contributed by atoms with Crippen LogP contribution in [-0.4, -0.2) is 44.7 Å². The molecule has 2 aromatic carbocycles. The molecule has 5 nitrogen and oxygen atoms in total. The minimum atomic E-state index is -0.0738. The fraction of sp³-hybridized carbons (Fsp3) is 0.350. The molecule has 0 aliphatic rings. The number of urea groups is 1. The summed E-state index contributed by atoms with van der Waals surface area (Å²) in [7, 11) is 3.82. The predicted octanol–water partition coefficient (Wildman–Crippen LogP) is 3.36. The van der Waals surface area contributed by atoms with Crippen molar-refractivity contribution in [2.75, 3.05) is 38.7 Å². The number of para-hydroxylation sites is 1. The predicted molar refractivity (Wildman–Crippen MR) is 102 cm³/mol. The van der Waals surface area contributed by atoms with Gasteiger partial charge in [0.15, 0.2) is 0 Å². The summed E-state index contributed by atoms with van der Waals surface area (Å²) >= 11 is 0. The van der Waals surface area contributed by atoms with Gasteiger partial charge in [-0.1, -0.05) is 30.3 Å². The zero-order chi connectivity index (χ0) is 18.1. The van der Waals surface area contributed by atoms with Gasteiger partial charge >= 0.3 is 6.03 Å².